The number of fused-ring (bicyclic) bond motifs is 1. The van der Waals surface area contributed by atoms with Gasteiger partial charge in [-0.25, -0.2) is 14.4 Å². The molecule has 0 radical (unpaired) electrons. The molecule has 3 aromatic heterocycles. The number of piperazine rings is 1. The van der Waals surface area contributed by atoms with Crippen LogP contribution in [0, 0.1) is 24.1 Å². The highest BCUT2D eigenvalue weighted by molar-refractivity contribution is 7.16. The molecule has 2 fully saturated rings. The Morgan fingerprint density at radius 2 is 1.81 bits per heavy atom. The summed E-state index contributed by atoms with van der Waals surface area (Å²) in [6.45, 7) is 9.84. The van der Waals surface area contributed by atoms with Crippen LogP contribution in [0.5, 0.6) is 0 Å². The molecule has 218 valence electrons. The van der Waals surface area contributed by atoms with Crippen LogP contribution >= 0.6 is 11.3 Å². The molecular weight excluding hydrogens is 551 g/mol. The molecule has 1 amide bonds. The minimum absolute atomic E-state index is 0.251. The number of carbonyl (C=O) groups excluding carboxylic acids is 1. The number of likely N-dealkylation sites (tertiary alicyclic amines) is 1. The van der Waals surface area contributed by atoms with Crippen molar-refractivity contribution < 1.29 is 9.18 Å². The minimum atomic E-state index is -0.327. The number of aromatic nitrogens is 3. The number of aryl methyl sites for hydroxylation is 2. The number of nitrogens with zero attached hydrogens (tertiary/aromatic N) is 8. The number of halogens is 1. The highest BCUT2D eigenvalue weighted by atomic mass is 32.1. The van der Waals surface area contributed by atoms with Gasteiger partial charge in [0.1, 0.15) is 33.9 Å². The van der Waals surface area contributed by atoms with E-state index >= 15 is 0 Å². The topological polar surface area (TPSA) is 84.0 Å². The fourth-order valence-electron chi connectivity index (χ4n) is 5.94. The van der Waals surface area contributed by atoms with Crippen molar-refractivity contribution in [3.05, 3.63) is 58.5 Å². The second kappa shape index (κ2) is 11.7. The number of hydrogen-bond donors (Lipinski definition) is 0. The normalized spacial score (nSPS) is 15.9. The molecule has 42 heavy (non-hydrogen) atoms. The molecule has 5 heterocycles. The molecule has 0 atom stereocenters. The SMILES string of the molecule is CCc1nc2c(C)cc(N3CCN(CC(=O)N4CCCC4)CC3)cn2c1N(C)c1nc(-c2ccc(F)cc2)c(C#N)s1. The molecular formula is C31H35FN8OS. The Morgan fingerprint density at radius 1 is 1.10 bits per heavy atom. The quantitative estimate of drug-likeness (QED) is 0.306. The van der Waals surface area contributed by atoms with E-state index in [2.05, 4.69) is 46.4 Å². The second-order valence-electron chi connectivity index (χ2n) is 11.0. The molecule has 4 aromatic rings. The van der Waals surface area contributed by atoms with Crippen LogP contribution < -0.4 is 9.80 Å². The lowest BCUT2D eigenvalue weighted by Gasteiger charge is -2.36. The maximum absolute atomic E-state index is 13.5. The van der Waals surface area contributed by atoms with Crippen LogP contribution in [-0.4, -0.2) is 82.9 Å². The maximum Gasteiger partial charge on any atom is 0.236 e. The average Bonchev–Trinajstić information content (AvgIpc) is 3.76. The number of amides is 1. The number of thiazole rings is 1. The predicted molar refractivity (Wildman–Crippen MR) is 164 cm³/mol. The zero-order chi connectivity index (χ0) is 29.4. The van der Waals surface area contributed by atoms with Crippen LogP contribution in [0.3, 0.4) is 0 Å². The van der Waals surface area contributed by atoms with E-state index in [1.165, 1.54) is 23.5 Å². The summed E-state index contributed by atoms with van der Waals surface area (Å²) in [6, 6.07) is 10.5. The van der Waals surface area contributed by atoms with Gasteiger partial charge in [-0.05, 0) is 62.1 Å². The van der Waals surface area contributed by atoms with Gasteiger partial charge in [0, 0.05) is 58.1 Å². The van der Waals surface area contributed by atoms with E-state index < -0.39 is 0 Å². The lowest BCUT2D eigenvalue weighted by atomic mass is 10.1. The number of nitriles is 1. The summed E-state index contributed by atoms with van der Waals surface area (Å²) in [7, 11) is 1.95. The molecule has 0 unspecified atom stereocenters. The van der Waals surface area contributed by atoms with Crippen molar-refractivity contribution in [3.63, 3.8) is 0 Å². The van der Waals surface area contributed by atoms with Gasteiger partial charge in [-0.3, -0.25) is 14.1 Å². The highest BCUT2D eigenvalue weighted by Gasteiger charge is 2.26. The number of carbonyl (C=O) groups is 1. The smallest absolute Gasteiger partial charge is 0.236 e. The number of benzene rings is 1. The fourth-order valence-corrected chi connectivity index (χ4v) is 6.79. The van der Waals surface area contributed by atoms with Crippen molar-refractivity contribution in [2.24, 2.45) is 0 Å². The second-order valence-corrected chi connectivity index (χ2v) is 12.0. The third-order valence-corrected chi connectivity index (χ3v) is 9.30. The zero-order valence-corrected chi connectivity index (χ0v) is 25.1. The summed E-state index contributed by atoms with van der Waals surface area (Å²) in [5, 5.41) is 10.5. The molecule has 0 saturated carbocycles. The Morgan fingerprint density at radius 3 is 2.48 bits per heavy atom. The first kappa shape index (κ1) is 28.1. The van der Waals surface area contributed by atoms with Gasteiger partial charge in [0.2, 0.25) is 5.91 Å². The van der Waals surface area contributed by atoms with Crippen LogP contribution in [0.4, 0.5) is 21.0 Å². The van der Waals surface area contributed by atoms with E-state index in [1.54, 1.807) is 12.1 Å². The largest absolute Gasteiger partial charge is 0.368 e. The van der Waals surface area contributed by atoms with Gasteiger partial charge < -0.3 is 14.7 Å². The molecule has 11 heteroatoms. The molecule has 0 aliphatic carbocycles. The molecule has 0 spiro atoms. The van der Waals surface area contributed by atoms with E-state index in [9.17, 15) is 14.4 Å². The molecule has 0 bridgehead atoms. The lowest BCUT2D eigenvalue weighted by molar-refractivity contribution is -0.131. The van der Waals surface area contributed by atoms with Gasteiger partial charge in [-0.2, -0.15) is 5.26 Å². The third kappa shape index (κ3) is 5.32. The van der Waals surface area contributed by atoms with Gasteiger partial charge in [-0.1, -0.05) is 18.3 Å². The van der Waals surface area contributed by atoms with E-state index in [-0.39, 0.29) is 11.7 Å². The summed E-state index contributed by atoms with van der Waals surface area (Å²) in [6.07, 6.45) is 5.11. The number of hydrogen-bond acceptors (Lipinski definition) is 8. The van der Waals surface area contributed by atoms with Gasteiger partial charge in [0.05, 0.1) is 17.9 Å². The highest BCUT2D eigenvalue weighted by Crippen LogP contribution is 2.37. The van der Waals surface area contributed by atoms with Crippen molar-refractivity contribution in [2.45, 2.75) is 33.1 Å². The Hall–Kier alpha value is -4.01. The van der Waals surface area contributed by atoms with Gasteiger partial charge in [0.25, 0.3) is 0 Å². The number of imidazole rings is 1. The van der Waals surface area contributed by atoms with Crippen LogP contribution in [0.1, 0.15) is 35.9 Å². The van der Waals surface area contributed by atoms with Gasteiger partial charge >= 0.3 is 0 Å². The van der Waals surface area contributed by atoms with E-state index in [0.29, 0.717) is 27.8 Å². The van der Waals surface area contributed by atoms with Gasteiger partial charge in [-0.15, -0.1) is 0 Å². The zero-order valence-electron chi connectivity index (χ0n) is 24.3. The van der Waals surface area contributed by atoms with Crippen LogP contribution in [-0.2, 0) is 11.2 Å². The van der Waals surface area contributed by atoms with Crippen LogP contribution in [0.15, 0.2) is 36.5 Å². The molecule has 0 N–H and O–H groups in total. The molecule has 2 aliphatic rings. The Labute approximate surface area is 249 Å². The summed E-state index contributed by atoms with van der Waals surface area (Å²) in [5.41, 5.74) is 5.29. The average molecular weight is 587 g/mol. The third-order valence-electron chi connectivity index (χ3n) is 8.26. The molecule has 9 nitrogen and oxygen atoms in total. The molecule has 2 aliphatic heterocycles. The van der Waals surface area contributed by atoms with Crippen molar-refractivity contribution in [1.82, 2.24) is 24.2 Å². The molecule has 1 aromatic carbocycles. The standard InChI is InChI=1S/C31H35FN8OS/c1-4-25-30(36(3)31-35-28(26(18-33)42-31)22-7-9-23(32)10-8-22)40-19-24(17-21(2)29(40)34-25)38-15-13-37(14-16-38)20-27(41)39-11-5-6-12-39/h7-10,17,19H,4-6,11-16,20H2,1-3H3. The van der Waals surface area contributed by atoms with Crippen LogP contribution in [0.2, 0.25) is 0 Å². The van der Waals surface area contributed by atoms with E-state index in [4.69, 9.17) is 9.97 Å². The first-order chi connectivity index (χ1) is 20.4. The number of pyridine rings is 1. The fraction of sp³-hybridized carbons (Fsp3) is 0.419. The van der Waals surface area contributed by atoms with Crippen molar-refractivity contribution >= 4 is 39.5 Å². The van der Waals surface area contributed by atoms with Crippen molar-refractivity contribution in [2.75, 3.05) is 62.7 Å². The molecule has 6 rings (SSSR count). The Kier molecular flexibility index (Phi) is 7.84. The summed E-state index contributed by atoms with van der Waals surface area (Å²) in [5.74, 6) is 0.836. The van der Waals surface area contributed by atoms with Crippen molar-refractivity contribution in [1.29, 1.82) is 5.26 Å². The minimum Gasteiger partial charge on any atom is -0.368 e. The van der Waals surface area contributed by atoms with E-state index in [1.807, 2.05) is 16.8 Å². The van der Waals surface area contributed by atoms with Crippen molar-refractivity contribution in [3.8, 4) is 17.3 Å². The summed E-state index contributed by atoms with van der Waals surface area (Å²) < 4.78 is 15.7. The summed E-state index contributed by atoms with van der Waals surface area (Å²) >= 11 is 1.32. The monoisotopic (exact) mass is 586 g/mol. The summed E-state index contributed by atoms with van der Waals surface area (Å²) in [4.78, 5) is 31.6. The molecule has 2 saturated heterocycles. The van der Waals surface area contributed by atoms with Crippen LogP contribution in [0.25, 0.3) is 16.9 Å². The Bertz CT molecular complexity index is 1640. The van der Waals surface area contributed by atoms with E-state index in [0.717, 1.165) is 86.9 Å². The first-order valence-corrected chi connectivity index (χ1v) is 15.3. The predicted octanol–water partition coefficient (Wildman–Crippen LogP) is 4.85. The lowest BCUT2D eigenvalue weighted by Crippen LogP contribution is -2.50. The Balaban J connectivity index is 1.27. The number of anilines is 3. The van der Waals surface area contributed by atoms with Gasteiger partial charge in [0.15, 0.2) is 5.13 Å². The first-order valence-electron chi connectivity index (χ1n) is 14.5. The number of rotatable bonds is 7. The maximum atomic E-state index is 13.5.